The molecule has 2 heterocycles. The average molecular weight is 391 g/mol. The summed E-state index contributed by atoms with van der Waals surface area (Å²) in [6.45, 7) is 1.92. The molecule has 5 nitrogen and oxygen atoms in total. The second-order valence-corrected chi connectivity index (χ2v) is 8.03. The normalized spacial score (nSPS) is 19.2. The van der Waals surface area contributed by atoms with Crippen molar-refractivity contribution in [2.45, 2.75) is 44.2 Å². The van der Waals surface area contributed by atoms with E-state index in [1.54, 1.807) is 12.3 Å². The third kappa shape index (κ3) is 3.28. The van der Waals surface area contributed by atoms with Gasteiger partial charge in [0.05, 0.1) is 11.7 Å². The fraction of sp³-hybridized carbons (Fsp3) is 0.304. The molecule has 1 spiro atoms. The Hall–Kier alpha value is -3.15. The maximum Gasteiger partial charge on any atom is 0.319 e. The third-order valence-electron chi connectivity index (χ3n) is 5.97. The van der Waals surface area contributed by atoms with Gasteiger partial charge in [0, 0.05) is 34.6 Å². The number of pyridine rings is 1. The van der Waals surface area contributed by atoms with Crippen LogP contribution >= 0.6 is 0 Å². The molecule has 3 aromatic rings. The van der Waals surface area contributed by atoms with Gasteiger partial charge in [0.15, 0.2) is 0 Å². The van der Waals surface area contributed by atoms with Gasteiger partial charge in [-0.15, -0.1) is 0 Å². The Morgan fingerprint density at radius 1 is 1.24 bits per heavy atom. The third-order valence-corrected chi connectivity index (χ3v) is 5.97. The Labute approximate surface area is 168 Å². The number of nitrogens with one attached hydrogen (secondary N) is 2. The van der Waals surface area contributed by atoms with E-state index >= 15 is 0 Å². The van der Waals surface area contributed by atoms with Crippen LogP contribution in [0.15, 0.2) is 48.7 Å². The molecule has 1 unspecified atom stereocenters. The van der Waals surface area contributed by atoms with Crippen molar-refractivity contribution in [3.05, 3.63) is 65.7 Å². The molecule has 2 aliphatic rings. The summed E-state index contributed by atoms with van der Waals surface area (Å²) in [7, 11) is 0. The quantitative estimate of drug-likeness (QED) is 0.627. The number of anilines is 1. The average Bonchev–Trinajstić information content (AvgIpc) is 2.67. The number of ether oxygens (including phenoxy) is 1. The van der Waals surface area contributed by atoms with Gasteiger partial charge in [0.2, 0.25) is 0 Å². The van der Waals surface area contributed by atoms with E-state index < -0.39 is 0 Å². The van der Waals surface area contributed by atoms with Crippen LogP contribution in [0.3, 0.4) is 0 Å². The fourth-order valence-corrected chi connectivity index (χ4v) is 4.35. The van der Waals surface area contributed by atoms with Gasteiger partial charge >= 0.3 is 6.03 Å². The number of fused-ring (bicyclic) bond motifs is 2. The molecule has 0 saturated heterocycles. The van der Waals surface area contributed by atoms with Crippen LogP contribution in [0, 0.1) is 12.7 Å². The Morgan fingerprint density at radius 2 is 2.10 bits per heavy atom. The summed E-state index contributed by atoms with van der Waals surface area (Å²) in [5.74, 6) is 0.329. The van der Waals surface area contributed by atoms with Crippen LogP contribution in [0.1, 0.15) is 43.0 Å². The molecule has 1 saturated carbocycles. The van der Waals surface area contributed by atoms with Gasteiger partial charge in [0.25, 0.3) is 0 Å². The lowest BCUT2D eigenvalue weighted by molar-refractivity contribution is -0.0355. The first kappa shape index (κ1) is 17.9. The monoisotopic (exact) mass is 391 g/mol. The minimum atomic E-state index is -0.332. The number of hydrogen-bond donors (Lipinski definition) is 2. The molecule has 1 aliphatic heterocycles. The molecule has 2 amide bonds. The molecule has 148 valence electrons. The number of hydrogen-bond acceptors (Lipinski definition) is 3. The minimum Gasteiger partial charge on any atom is -0.487 e. The van der Waals surface area contributed by atoms with Crippen molar-refractivity contribution >= 4 is 22.5 Å². The highest BCUT2D eigenvalue weighted by Crippen LogP contribution is 2.48. The first-order valence-electron chi connectivity index (χ1n) is 9.93. The number of benzene rings is 2. The molecule has 29 heavy (non-hydrogen) atoms. The molecular weight excluding hydrogens is 369 g/mol. The van der Waals surface area contributed by atoms with Crippen LogP contribution in [0.4, 0.5) is 14.9 Å². The standard InChI is InChI=1S/C23H22FN3O2/c1-14-10-17-15(13-25-14)4-2-5-19(17)26-22(28)27-20-12-23(8-3-9-23)29-21-7-6-16(24)11-18(20)21/h2,4-7,10-11,13,20H,3,8-9,12H2,1H3,(H2,26,27,28). The molecule has 6 heteroatoms. The first-order chi connectivity index (χ1) is 14.0. The van der Waals surface area contributed by atoms with Gasteiger partial charge in [-0.2, -0.15) is 0 Å². The van der Waals surface area contributed by atoms with E-state index in [0.717, 1.165) is 41.4 Å². The van der Waals surface area contributed by atoms with Gasteiger partial charge in [-0.05, 0) is 56.5 Å². The van der Waals surface area contributed by atoms with Crippen molar-refractivity contribution in [2.75, 3.05) is 5.32 Å². The summed E-state index contributed by atoms with van der Waals surface area (Å²) in [6.07, 6.45) is 5.47. The van der Waals surface area contributed by atoms with Crippen LogP contribution < -0.4 is 15.4 Å². The zero-order chi connectivity index (χ0) is 20.0. The molecule has 2 N–H and O–H groups in total. The van der Waals surface area contributed by atoms with Gasteiger partial charge in [-0.25, -0.2) is 9.18 Å². The molecule has 1 aliphatic carbocycles. The molecule has 1 atom stereocenters. The van der Waals surface area contributed by atoms with Crippen LogP contribution in [0.5, 0.6) is 5.75 Å². The molecule has 5 rings (SSSR count). The van der Waals surface area contributed by atoms with Crippen molar-refractivity contribution in [2.24, 2.45) is 0 Å². The number of aryl methyl sites for hydroxylation is 1. The highest BCUT2D eigenvalue weighted by atomic mass is 19.1. The number of halogens is 1. The van der Waals surface area contributed by atoms with Crippen molar-refractivity contribution in [1.29, 1.82) is 0 Å². The number of aromatic nitrogens is 1. The zero-order valence-electron chi connectivity index (χ0n) is 16.2. The number of carbonyl (C=O) groups excluding carboxylic acids is 1. The van der Waals surface area contributed by atoms with Gasteiger partial charge in [0.1, 0.15) is 17.2 Å². The van der Waals surface area contributed by atoms with Crippen molar-refractivity contribution in [3.63, 3.8) is 0 Å². The number of amides is 2. The lowest BCUT2D eigenvalue weighted by Crippen LogP contribution is -2.50. The Balaban J connectivity index is 1.41. The molecule has 1 aromatic heterocycles. The van der Waals surface area contributed by atoms with Crippen LogP contribution in [0.25, 0.3) is 10.8 Å². The molecule has 0 bridgehead atoms. The molecular formula is C23H22FN3O2. The van der Waals surface area contributed by atoms with E-state index in [0.29, 0.717) is 17.7 Å². The zero-order valence-corrected chi connectivity index (χ0v) is 16.2. The highest BCUT2D eigenvalue weighted by Gasteiger charge is 2.46. The van der Waals surface area contributed by atoms with Gasteiger partial charge in [-0.3, -0.25) is 4.98 Å². The van der Waals surface area contributed by atoms with Crippen LogP contribution in [0.2, 0.25) is 0 Å². The number of nitrogens with zero attached hydrogens (tertiary/aromatic N) is 1. The topological polar surface area (TPSA) is 63.2 Å². The highest BCUT2D eigenvalue weighted by molar-refractivity contribution is 6.01. The van der Waals surface area contributed by atoms with E-state index in [1.165, 1.54) is 12.1 Å². The summed E-state index contributed by atoms with van der Waals surface area (Å²) in [5.41, 5.74) is 2.05. The van der Waals surface area contributed by atoms with E-state index in [4.69, 9.17) is 4.74 Å². The van der Waals surface area contributed by atoms with Crippen molar-refractivity contribution in [1.82, 2.24) is 10.3 Å². The summed E-state index contributed by atoms with van der Waals surface area (Å²) in [5, 5.41) is 7.89. The lowest BCUT2D eigenvalue weighted by Gasteiger charge is -2.48. The van der Waals surface area contributed by atoms with Crippen LogP contribution in [-0.4, -0.2) is 16.6 Å². The van der Waals surface area contributed by atoms with E-state index in [-0.39, 0.29) is 23.5 Å². The first-order valence-corrected chi connectivity index (χ1v) is 9.93. The van der Waals surface area contributed by atoms with Crippen LogP contribution in [-0.2, 0) is 0 Å². The second-order valence-electron chi connectivity index (χ2n) is 8.03. The van der Waals surface area contributed by atoms with Crippen molar-refractivity contribution < 1.29 is 13.9 Å². The van der Waals surface area contributed by atoms with E-state index in [9.17, 15) is 9.18 Å². The summed E-state index contributed by atoms with van der Waals surface area (Å²) in [6, 6.07) is 11.6. The Kier molecular flexibility index (Phi) is 4.15. The minimum absolute atomic E-state index is 0.245. The molecule has 1 fully saturated rings. The predicted molar refractivity (Wildman–Crippen MR) is 110 cm³/mol. The number of urea groups is 1. The molecule has 2 aromatic carbocycles. The number of carbonyl (C=O) groups is 1. The largest absolute Gasteiger partial charge is 0.487 e. The maximum atomic E-state index is 13.9. The summed E-state index contributed by atoms with van der Waals surface area (Å²) in [4.78, 5) is 17.2. The fourth-order valence-electron chi connectivity index (χ4n) is 4.35. The van der Waals surface area contributed by atoms with Crippen molar-refractivity contribution in [3.8, 4) is 5.75 Å². The predicted octanol–water partition coefficient (Wildman–Crippen LogP) is 5.25. The number of rotatable bonds is 2. The van der Waals surface area contributed by atoms with Gasteiger partial charge in [-0.1, -0.05) is 12.1 Å². The smallest absolute Gasteiger partial charge is 0.319 e. The van der Waals surface area contributed by atoms with E-state index in [2.05, 4.69) is 15.6 Å². The SMILES string of the molecule is Cc1cc2c(NC(=O)NC3CC4(CCC4)Oc4ccc(F)cc43)cccc2cn1. The summed E-state index contributed by atoms with van der Waals surface area (Å²) >= 11 is 0. The second kappa shape index (κ2) is 6.72. The lowest BCUT2D eigenvalue weighted by atomic mass is 9.73. The van der Waals surface area contributed by atoms with Gasteiger partial charge < -0.3 is 15.4 Å². The maximum absolute atomic E-state index is 13.9. The Morgan fingerprint density at radius 3 is 2.90 bits per heavy atom. The summed E-state index contributed by atoms with van der Waals surface area (Å²) < 4.78 is 20.0. The Bertz CT molecular complexity index is 1110. The van der Waals surface area contributed by atoms with E-state index in [1.807, 2.05) is 31.2 Å². The molecule has 0 radical (unpaired) electrons.